The average Bonchev–Trinajstić information content (AvgIpc) is 2.75. The number of ether oxygens (including phenoxy) is 2. The van der Waals surface area contributed by atoms with Gasteiger partial charge in [-0.1, -0.05) is 54.1 Å². The van der Waals surface area contributed by atoms with E-state index >= 15 is 0 Å². The lowest BCUT2D eigenvalue weighted by molar-refractivity contribution is 0.0448. The fourth-order valence-corrected chi connectivity index (χ4v) is 3.32. The van der Waals surface area contributed by atoms with Crippen LogP contribution >= 0.6 is 0 Å². The zero-order valence-electron chi connectivity index (χ0n) is 15.8. The van der Waals surface area contributed by atoms with Gasteiger partial charge in [0.2, 0.25) is 0 Å². The molecule has 1 aliphatic rings. The fraction of sp³-hybridized carbons (Fsp3) is 0.125. The first-order valence-corrected chi connectivity index (χ1v) is 9.24. The van der Waals surface area contributed by atoms with Gasteiger partial charge in [-0.25, -0.2) is 4.79 Å². The Balaban J connectivity index is 1.49. The molecule has 0 spiro atoms. The van der Waals surface area contributed by atoms with Crippen LogP contribution in [-0.4, -0.2) is 30.7 Å². The molecule has 0 saturated carbocycles. The van der Waals surface area contributed by atoms with Gasteiger partial charge >= 0.3 is 5.97 Å². The van der Waals surface area contributed by atoms with Crippen molar-refractivity contribution in [3.05, 3.63) is 100 Å². The summed E-state index contributed by atoms with van der Waals surface area (Å²) in [7, 11) is 0. The van der Waals surface area contributed by atoms with Gasteiger partial charge in [0.15, 0.2) is 11.6 Å². The molecule has 0 bridgehead atoms. The zero-order valence-corrected chi connectivity index (χ0v) is 15.8. The molecule has 3 aromatic rings. The van der Waals surface area contributed by atoms with Crippen molar-refractivity contribution in [2.24, 2.45) is 0 Å². The summed E-state index contributed by atoms with van der Waals surface area (Å²) < 4.78 is 10.8. The van der Waals surface area contributed by atoms with E-state index in [-0.39, 0.29) is 41.5 Å². The third-order valence-corrected chi connectivity index (χ3v) is 4.78. The quantitative estimate of drug-likeness (QED) is 0.383. The summed E-state index contributed by atoms with van der Waals surface area (Å²) in [4.78, 5) is 38.3. The number of aryl methyl sites for hydroxylation is 1. The SMILES string of the molecule is Cc1ccc(OCCOC(=O)c2cccc3c2C(=O)c2ccccc2C3=O)cc1. The van der Waals surface area contributed by atoms with Gasteiger partial charge < -0.3 is 9.47 Å². The number of rotatable bonds is 5. The molecule has 1 aliphatic carbocycles. The zero-order chi connectivity index (χ0) is 20.4. The van der Waals surface area contributed by atoms with Crippen LogP contribution < -0.4 is 4.74 Å². The highest BCUT2D eigenvalue weighted by atomic mass is 16.6. The van der Waals surface area contributed by atoms with Crippen molar-refractivity contribution in [3.63, 3.8) is 0 Å². The smallest absolute Gasteiger partial charge is 0.339 e. The molecule has 4 rings (SSSR count). The van der Waals surface area contributed by atoms with Crippen LogP contribution in [0, 0.1) is 6.92 Å². The van der Waals surface area contributed by atoms with E-state index in [4.69, 9.17) is 9.47 Å². The molecule has 0 N–H and O–H groups in total. The van der Waals surface area contributed by atoms with Crippen molar-refractivity contribution in [3.8, 4) is 5.75 Å². The number of esters is 1. The first kappa shape index (κ1) is 18.6. The minimum atomic E-state index is -0.658. The molecule has 0 fully saturated rings. The van der Waals surface area contributed by atoms with Crippen LogP contribution in [0.2, 0.25) is 0 Å². The molecule has 0 heterocycles. The molecule has 0 aliphatic heterocycles. The highest BCUT2D eigenvalue weighted by Gasteiger charge is 2.33. The Morgan fingerprint density at radius 2 is 1.41 bits per heavy atom. The summed E-state index contributed by atoms with van der Waals surface area (Å²) >= 11 is 0. The lowest BCUT2D eigenvalue weighted by atomic mass is 9.82. The number of carbonyl (C=O) groups excluding carboxylic acids is 3. The second-order valence-corrected chi connectivity index (χ2v) is 6.73. The molecule has 0 aromatic heterocycles. The first-order valence-electron chi connectivity index (χ1n) is 9.24. The number of fused-ring (bicyclic) bond motifs is 2. The molecule has 0 unspecified atom stereocenters. The van der Waals surface area contributed by atoms with Gasteiger partial charge in [0, 0.05) is 22.3 Å². The van der Waals surface area contributed by atoms with Crippen LogP contribution in [-0.2, 0) is 4.74 Å². The van der Waals surface area contributed by atoms with Gasteiger partial charge in [0.1, 0.15) is 19.0 Å². The Kier molecular flexibility index (Phi) is 4.96. The maximum atomic E-state index is 12.9. The van der Waals surface area contributed by atoms with E-state index in [1.54, 1.807) is 36.4 Å². The van der Waals surface area contributed by atoms with Crippen molar-refractivity contribution >= 4 is 17.5 Å². The number of hydrogen-bond donors (Lipinski definition) is 0. The van der Waals surface area contributed by atoms with Crippen LogP contribution in [0.5, 0.6) is 5.75 Å². The van der Waals surface area contributed by atoms with Crippen LogP contribution in [0.1, 0.15) is 47.8 Å². The maximum absolute atomic E-state index is 12.9. The van der Waals surface area contributed by atoms with Crippen molar-refractivity contribution in [1.29, 1.82) is 0 Å². The van der Waals surface area contributed by atoms with Crippen molar-refractivity contribution < 1.29 is 23.9 Å². The molecule has 5 nitrogen and oxygen atoms in total. The van der Waals surface area contributed by atoms with Gasteiger partial charge in [0.05, 0.1) is 5.56 Å². The molecule has 0 amide bonds. The maximum Gasteiger partial charge on any atom is 0.339 e. The topological polar surface area (TPSA) is 69.7 Å². The van der Waals surface area contributed by atoms with Crippen LogP contribution in [0.3, 0.4) is 0 Å². The summed E-state index contributed by atoms with van der Waals surface area (Å²) in [6, 6.07) is 18.8. The number of ketones is 2. The minimum absolute atomic E-state index is 0.0229. The van der Waals surface area contributed by atoms with Crippen LogP contribution in [0.15, 0.2) is 66.7 Å². The average molecular weight is 386 g/mol. The summed E-state index contributed by atoms with van der Waals surface area (Å²) in [5.74, 6) is -0.595. The van der Waals surface area contributed by atoms with Crippen LogP contribution in [0.25, 0.3) is 0 Å². The molecule has 5 heteroatoms. The monoisotopic (exact) mass is 386 g/mol. The van der Waals surface area contributed by atoms with E-state index in [0.29, 0.717) is 16.9 Å². The predicted octanol–water partition coefficient (Wildman–Crippen LogP) is 4.01. The summed E-state index contributed by atoms with van der Waals surface area (Å²) in [6.07, 6.45) is 0. The lowest BCUT2D eigenvalue weighted by Crippen LogP contribution is -2.24. The molecule has 29 heavy (non-hydrogen) atoms. The van der Waals surface area contributed by atoms with Gasteiger partial charge in [-0.05, 0) is 25.1 Å². The van der Waals surface area contributed by atoms with Crippen molar-refractivity contribution in [2.75, 3.05) is 13.2 Å². The standard InChI is InChI=1S/C24H18O5/c1-15-9-11-16(12-10-15)28-13-14-29-24(27)20-8-4-7-19-21(20)23(26)18-6-3-2-5-17(18)22(19)25/h2-12H,13-14H2,1H3. The van der Waals surface area contributed by atoms with Crippen molar-refractivity contribution in [2.45, 2.75) is 6.92 Å². The molecule has 0 atom stereocenters. The van der Waals surface area contributed by atoms with Gasteiger partial charge in [0.25, 0.3) is 0 Å². The van der Waals surface area contributed by atoms with Gasteiger partial charge in [-0.3, -0.25) is 9.59 Å². The summed E-state index contributed by atoms with van der Waals surface area (Å²) in [6.45, 7) is 2.19. The van der Waals surface area contributed by atoms with E-state index < -0.39 is 5.97 Å². The van der Waals surface area contributed by atoms with Gasteiger partial charge in [-0.15, -0.1) is 0 Å². The van der Waals surface area contributed by atoms with E-state index in [9.17, 15) is 14.4 Å². The van der Waals surface area contributed by atoms with E-state index in [2.05, 4.69) is 0 Å². The van der Waals surface area contributed by atoms with Crippen LogP contribution in [0.4, 0.5) is 0 Å². The second-order valence-electron chi connectivity index (χ2n) is 6.73. The third-order valence-electron chi connectivity index (χ3n) is 4.78. The lowest BCUT2D eigenvalue weighted by Gasteiger charge is -2.19. The first-order chi connectivity index (χ1) is 14.1. The molecule has 144 valence electrons. The van der Waals surface area contributed by atoms with Gasteiger partial charge in [-0.2, -0.15) is 0 Å². The summed E-state index contributed by atoms with van der Waals surface area (Å²) in [5, 5.41) is 0. The van der Waals surface area contributed by atoms with Crippen molar-refractivity contribution in [1.82, 2.24) is 0 Å². The molecule has 0 radical (unpaired) electrons. The van der Waals surface area contributed by atoms with E-state index in [1.807, 2.05) is 31.2 Å². The number of benzene rings is 3. The Morgan fingerprint density at radius 3 is 2.14 bits per heavy atom. The molecule has 3 aromatic carbocycles. The molecular formula is C24H18O5. The normalized spacial score (nSPS) is 12.2. The Morgan fingerprint density at radius 1 is 0.759 bits per heavy atom. The fourth-order valence-electron chi connectivity index (χ4n) is 3.32. The Hall–Kier alpha value is -3.73. The molecular weight excluding hydrogens is 368 g/mol. The largest absolute Gasteiger partial charge is 0.490 e. The Labute approximate surface area is 167 Å². The minimum Gasteiger partial charge on any atom is -0.490 e. The second kappa shape index (κ2) is 7.72. The highest BCUT2D eigenvalue weighted by Crippen LogP contribution is 2.29. The third kappa shape index (κ3) is 3.55. The number of hydrogen-bond acceptors (Lipinski definition) is 5. The Bertz CT molecular complexity index is 1110. The number of carbonyl (C=O) groups is 3. The predicted molar refractivity (Wildman–Crippen MR) is 107 cm³/mol. The summed E-state index contributed by atoms with van der Waals surface area (Å²) in [5.41, 5.74) is 2.18. The highest BCUT2D eigenvalue weighted by molar-refractivity contribution is 6.30. The van der Waals surface area contributed by atoms with E-state index in [1.165, 1.54) is 6.07 Å². The van der Waals surface area contributed by atoms with E-state index in [0.717, 1.165) is 5.56 Å². The molecule has 0 saturated heterocycles.